The number of nitrogens with zero attached hydrogens (tertiary/aromatic N) is 3. The quantitative estimate of drug-likeness (QED) is 0.916. The molecule has 0 radical (unpaired) electrons. The second-order valence-corrected chi connectivity index (χ2v) is 6.89. The van der Waals surface area contributed by atoms with Gasteiger partial charge in [-0.3, -0.25) is 14.5 Å². The second kappa shape index (κ2) is 7.72. The third-order valence-electron chi connectivity index (χ3n) is 4.19. The fourth-order valence-corrected chi connectivity index (χ4v) is 3.61. The number of hydrogen-bond acceptors (Lipinski definition) is 5. The van der Waals surface area contributed by atoms with E-state index in [4.69, 9.17) is 0 Å². The number of rotatable bonds is 4. The minimum Gasteiger partial charge on any atom is -0.337 e. The first kappa shape index (κ1) is 16.9. The molecule has 6 nitrogen and oxygen atoms in total. The summed E-state index contributed by atoms with van der Waals surface area (Å²) < 4.78 is 0. The Labute approximate surface area is 145 Å². The Morgan fingerprint density at radius 3 is 2.88 bits per heavy atom. The molecule has 2 aromatic rings. The van der Waals surface area contributed by atoms with Gasteiger partial charge in [0.1, 0.15) is 0 Å². The highest BCUT2D eigenvalue weighted by Crippen LogP contribution is 2.14. The van der Waals surface area contributed by atoms with Crippen molar-refractivity contribution in [2.24, 2.45) is 0 Å². The van der Waals surface area contributed by atoms with Crippen molar-refractivity contribution >= 4 is 17.2 Å². The molecule has 0 bridgehead atoms. The largest absolute Gasteiger partial charge is 0.337 e. The van der Waals surface area contributed by atoms with Crippen molar-refractivity contribution in [1.29, 1.82) is 0 Å². The van der Waals surface area contributed by atoms with Crippen LogP contribution in [0.15, 0.2) is 28.5 Å². The standard InChI is InChI=1S/C17H22N4O2S/c1-2-16-19-14(12-24-16)11-20-6-3-7-21(9-8-20)17(23)13-4-5-15(22)18-10-13/h4-5,10,12H,2-3,6-9,11H2,1H3,(H,18,22). The van der Waals surface area contributed by atoms with Crippen molar-refractivity contribution in [3.63, 3.8) is 0 Å². The lowest BCUT2D eigenvalue weighted by atomic mass is 10.2. The summed E-state index contributed by atoms with van der Waals surface area (Å²) in [7, 11) is 0. The van der Waals surface area contributed by atoms with Gasteiger partial charge in [-0.2, -0.15) is 0 Å². The number of aromatic nitrogens is 2. The van der Waals surface area contributed by atoms with E-state index in [0.717, 1.165) is 44.7 Å². The SMILES string of the molecule is CCc1nc(CN2CCCN(C(=O)c3ccc(=O)[nH]c3)CC2)cs1. The smallest absolute Gasteiger partial charge is 0.255 e. The van der Waals surface area contributed by atoms with Crippen molar-refractivity contribution in [2.45, 2.75) is 26.3 Å². The van der Waals surface area contributed by atoms with Crippen molar-refractivity contribution in [2.75, 3.05) is 26.2 Å². The van der Waals surface area contributed by atoms with E-state index in [-0.39, 0.29) is 11.5 Å². The zero-order valence-electron chi connectivity index (χ0n) is 13.8. The molecule has 0 aromatic carbocycles. The third kappa shape index (κ3) is 4.10. The highest BCUT2D eigenvalue weighted by atomic mass is 32.1. The van der Waals surface area contributed by atoms with E-state index in [1.54, 1.807) is 17.4 Å². The number of carbonyl (C=O) groups is 1. The van der Waals surface area contributed by atoms with Crippen LogP contribution in [0.25, 0.3) is 0 Å². The Morgan fingerprint density at radius 1 is 1.29 bits per heavy atom. The first-order chi connectivity index (χ1) is 11.7. The normalized spacial score (nSPS) is 16.1. The number of aryl methyl sites for hydroxylation is 1. The predicted molar refractivity (Wildman–Crippen MR) is 94.4 cm³/mol. The minimum absolute atomic E-state index is 0.0185. The zero-order valence-corrected chi connectivity index (χ0v) is 14.6. The molecule has 1 aliphatic heterocycles. The van der Waals surface area contributed by atoms with Crippen LogP contribution in [-0.2, 0) is 13.0 Å². The van der Waals surface area contributed by atoms with Crippen LogP contribution >= 0.6 is 11.3 Å². The van der Waals surface area contributed by atoms with Gasteiger partial charge in [0.15, 0.2) is 0 Å². The molecule has 1 aliphatic rings. The molecular formula is C17H22N4O2S. The summed E-state index contributed by atoms with van der Waals surface area (Å²) in [5.41, 5.74) is 1.47. The summed E-state index contributed by atoms with van der Waals surface area (Å²) >= 11 is 1.72. The molecule has 1 N–H and O–H groups in total. The van der Waals surface area contributed by atoms with Gasteiger partial charge < -0.3 is 9.88 Å². The fraction of sp³-hybridized carbons (Fsp3) is 0.471. The van der Waals surface area contributed by atoms with Gasteiger partial charge in [-0.15, -0.1) is 11.3 Å². The maximum atomic E-state index is 12.5. The Kier molecular flexibility index (Phi) is 5.42. The Bertz CT molecular complexity index is 735. The van der Waals surface area contributed by atoms with E-state index in [0.29, 0.717) is 12.1 Å². The summed E-state index contributed by atoms with van der Waals surface area (Å²) in [6.45, 7) is 6.21. The van der Waals surface area contributed by atoms with Gasteiger partial charge in [0.05, 0.1) is 16.3 Å². The lowest BCUT2D eigenvalue weighted by molar-refractivity contribution is 0.0760. The highest BCUT2D eigenvalue weighted by molar-refractivity contribution is 7.09. The first-order valence-corrected chi connectivity index (χ1v) is 9.17. The van der Waals surface area contributed by atoms with E-state index in [1.165, 1.54) is 17.3 Å². The lowest BCUT2D eigenvalue weighted by Gasteiger charge is -2.21. The van der Waals surface area contributed by atoms with E-state index in [9.17, 15) is 9.59 Å². The number of aromatic amines is 1. The van der Waals surface area contributed by atoms with Crippen LogP contribution in [-0.4, -0.2) is 51.9 Å². The molecule has 0 unspecified atom stereocenters. The first-order valence-electron chi connectivity index (χ1n) is 8.29. The van der Waals surface area contributed by atoms with Gasteiger partial charge in [0.2, 0.25) is 5.56 Å². The predicted octanol–water partition coefficient (Wildman–Crippen LogP) is 1.74. The Morgan fingerprint density at radius 2 is 2.17 bits per heavy atom. The second-order valence-electron chi connectivity index (χ2n) is 5.95. The molecule has 128 valence electrons. The molecule has 7 heteroatoms. The molecule has 3 rings (SSSR count). The Balaban J connectivity index is 1.59. The summed E-state index contributed by atoms with van der Waals surface area (Å²) in [5, 5.41) is 3.31. The van der Waals surface area contributed by atoms with E-state index in [1.807, 2.05) is 4.90 Å². The molecule has 0 saturated carbocycles. The number of carbonyl (C=O) groups excluding carboxylic acids is 1. The number of H-pyrrole nitrogens is 1. The lowest BCUT2D eigenvalue weighted by Crippen LogP contribution is -2.35. The van der Waals surface area contributed by atoms with Crippen LogP contribution < -0.4 is 5.56 Å². The van der Waals surface area contributed by atoms with Crippen molar-refractivity contribution in [1.82, 2.24) is 19.8 Å². The van der Waals surface area contributed by atoms with Gasteiger partial charge in [-0.1, -0.05) is 6.92 Å². The topological polar surface area (TPSA) is 69.3 Å². The number of amides is 1. The van der Waals surface area contributed by atoms with Crippen LogP contribution in [0.2, 0.25) is 0 Å². The van der Waals surface area contributed by atoms with Gasteiger partial charge >= 0.3 is 0 Å². The van der Waals surface area contributed by atoms with Crippen molar-refractivity contribution < 1.29 is 4.79 Å². The van der Waals surface area contributed by atoms with Gasteiger partial charge in [0, 0.05) is 50.4 Å². The molecule has 0 aliphatic carbocycles. The molecule has 0 atom stereocenters. The molecular weight excluding hydrogens is 324 g/mol. The van der Waals surface area contributed by atoms with Crippen LogP contribution in [0.3, 0.4) is 0 Å². The zero-order chi connectivity index (χ0) is 16.9. The molecule has 0 spiro atoms. The van der Waals surface area contributed by atoms with E-state index >= 15 is 0 Å². The fourth-order valence-electron chi connectivity index (χ4n) is 2.87. The Hall–Kier alpha value is -1.99. The van der Waals surface area contributed by atoms with Crippen molar-refractivity contribution in [3.05, 3.63) is 50.3 Å². The number of hydrogen-bond donors (Lipinski definition) is 1. The average molecular weight is 346 g/mol. The number of pyridine rings is 1. The minimum atomic E-state index is -0.191. The summed E-state index contributed by atoms with van der Waals surface area (Å²) in [4.78, 5) is 35.1. The molecule has 24 heavy (non-hydrogen) atoms. The number of nitrogens with one attached hydrogen (secondary N) is 1. The van der Waals surface area contributed by atoms with Gasteiger partial charge in [0.25, 0.3) is 5.91 Å². The monoisotopic (exact) mass is 346 g/mol. The highest BCUT2D eigenvalue weighted by Gasteiger charge is 2.20. The molecule has 3 heterocycles. The number of thiazole rings is 1. The van der Waals surface area contributed by atoms with E-state index in [2.05, 4.69) is 27.2 Å². The maximum Gasteiger partial charge on any atom is 0.255 e. The van der Waals surface area contributed by atoms with E-state index < -0.39 is 0 Å². The molecule has 1 fully saturated rings. The van der Waals surface area contributed by atoms with Crippen LogP contribution in [0.4, 0.5) is 0 Å². The third-order valence-corrected chi connectivity index (χ3v) is 5.24. The maximum absolute atomic E-state index is 12.5. The van der Waals surface area contributed by atoms with Crippen LogP contribution in [0.1, 0.15) is 34.4 Å². The summed E-state index contributed by atoms with van der Waals surface area (Å²) in [6, 6.07) is 2.98. The molecule has 1 saturated heterocycles. The average Bonchev–Trinajstić information content (AvgIpc) is 2.92. The summed E-state index contributed by atoms with van der Waals surface area (Å²) in [6.07, 6.45) is 3.42. The summed E-state index contributed by atoms with van der Waals surface area (Å²) in [5.74, 6) is -0.0185. The van der Waals surface area contributed by atoms with Crippen molar-refractivity contribution in [3.8, 4) is 0 Å². The van der Waals surface area contributed by atoms with Gasteiger partial charge in [-0.05, 0) is 18.9 Å². The van der Waals surface area contributed by atoms with Gasteiger partial charge in [-0.25, -0.2) is 4.98 Å². The van der Waals surface area contributed by atoms with Crippen LogP contribution in [0, 0.1) is 0 Å². The molecule has 1 amide bonds. The molecule has 2 aromatic heterocycles. The van der Waals surface area contributed by atoms with Crippen LogP contribution in [0.5, 0.6) is 0 Å².